The summed E-state index contributed by atoms with van der Waals surface area (Å²) >= 11 is 0. The molecule has 0 amide bonds. The molecule has 1 fully saturated rings. The Kier molecular flexibility index (Phi) is 4.41. The Bertz CT molecular complexity index is 477. The van der Waals surface area contributed by atoms with Crippen molar-refractivity contribution >= 4 is 0 Å². The zero-order chi connectivity index (χ0) is 13.8. The lowest BCUT2D eigenvalue weighted by molar-refractivity contribution is 0.213. The fourth-order valence-corrected chi connectivity index (χ4v) is 2.57. The Balaban J connectivity index is 2.14. The van der Waals surface area contributed by atoms with Crippen LogP contribution in [0.5, 0.6) is 5.75 Å². The molecule has 19 heavy (non-hydrogen) atoms. The highest BCUT2D eigenvalue weighted by Gasteiger charge is 2.32. The third-order valence-corrected chi connectivity index (χ3v) is 3.80. The second kappa shape index (κ2) is 6.05. The predicted octanol–water partition coefficient (Wildman–Crippen LogP) is 1.74. The number of nitrogens with zero attached hydrogens (tertiary/aromatic N) is 2. The van der Waals surface area contributed by atoms with Crippen LogP contribution in [0.3, 0.4) is 0 Å². The van der Waals surface area contributed by atoms with Gasteiger partial charge in [-0.1, -0.05) is 0 Å². The molecule has 1 aromatic rings. The van der Waals surface area contributed by atoms with E-state index in [2.05, 4.69) is 18.0 Å². The lowest BCUT2D eigenvalue weighted by Crippen LogP contribution is -2.39. The summed E-state index contributed by atoms with van der Waals surface area (Å²) in [6, 6.07) is 8.14. The number of nitriles is 1. The Morgan fingerprint density at radius 3 is 2.79 bits per heavy atom. The molecule has 0 radical (unpaired) electrons. The first kappa shape index (κ1) is 13.9. The molecule has 1 atom stereocenters. The minimum atomic E-state index is 0.426. The van der Waals surface area contributed by atoms with E-state index in [4.69, 9.17) is 15.7 Å². The quantitative estimate of drug-likeness (QED) is 0.845. The molecular formula is C15H21N3O. The molecule has 102 valence electrons. The van der Waals surface area contributed by atoms with E-state index < -0.39 is 0 Å². The maximum Gasteiger partial charge on any atom is 0.123 e. The third-order valence-electron chi connectivity index (χ3n) is 3.80. The lowest BCUT2D eigenvalue weighted by atomic mass is 10.1. The molecule has 0 aliphatic heterocycles. The van der Waals surface area contributed by atoms with Gasteiger partial charge in [0.25, 0.3) is 0 Å². The van der Waals surface area contributed by atoms with Gasteiger partial charge in [-0.15, -0.1) is 0 Å². The van der Waals surface area contributed by atoms with Crippen molar-refractivity contribution in [1.82, 2.24) is 4.90 Å². The summed E-state index contributed by atoms with van der Waals surface area (Å²) in [5.74, 6) is 1.57. The third kappa shape index (κ3) is 3.25. The summed E-state index contributed by atoms with van der Waals surface area (Å²) in [4.78, 5) is 2.27. The molecule has 0 aromatic heterocycles. The summed E-state index contributed by atoms with van der Waals surface area (Å²) in [7, 11) is 3.75. The topological polar surface area (TPSA) is 62.3 Å². The fourth-order valence-electron chi connectivity index (χ4n) is 2.57. The predicted molar refractivity (Wildman–Crippen MR) is 74.7 cm³/mol. The van der Waals surface area contributed by atoms with Crippen LogP contribution in [0.15, 0.2) is 18.2 Å². The van der Waals surface area contributed by atoms with Crippen molar-refractivity contribution in [3.05, 3.63) is 29.3 Å². The standard InChI is InChI=1S/C15H21N3O/c1-18(14(9-17)12-4-5-12)10-13-7-11(8-16)3-6-15(13)19-2/h3,6-7,12,14H,4-5,9-10,17H2,1-2H3. The molecule has 2 rings (SSSR count). The van der Waals surface area contributed by atoms with Crippen molar-refractivity contribution in [2.75, 3.05) is 20.7 Å². The van der Waals surface area contributed by atoms with Gasteiger partial charge in [-0.3, -0.25) is 4.90 Å². The van der Waals surface area contributed by atoms with E-state index in [1.165, 1.54) is 12.8 Å². The van der Waals surface area contributed by atoms with Crippen LogP contribution in [0.25, 0.3) is 0 Å². The Morgan fingerprint density at radius 1 is 1.53 bits per heavy atom. The molecule has 0 bridgehead atoms. The molecule has 1 unspecified atom stereocenters. The summed E-state index contributed by atoms with van der Waals surface area (Å²) in [6.45, 7) is 1.44. The number of rotatable bonds is 6. The molecule has 4 heteroatoms. The van der Waals surface area contributed by atoms with Gasteiger partial charge in [0.15, 0.2) is 0 Å². The second-order valence-electron chi connectivity index (χ2n) is 5.19. The van der Waals surface area contributed by atoms with Crippen LogP contribution in [-0.2, 0) is 6.54 Å². The molecule has 1 aliphatic rings. The first-order chi connectivity index (χ1) is 9.19. The van der Waals surface area contributed by atoms with Crippen LogP contribution < -0.4 is 10.5 Å². The van der Waals surface area contributed by atoms with E-state index in [-0.39, 0.29) is 0 Å². The monoisotopic (exact) mass is 259 g/mol. The number of nitrogens with two attached hydrogens (primary N) is 1. The minimum absolute atomic E-state index is 0.426. The Morgan fingerprint density at radius 2 is 2.26 bits per heavy atom. The van der Waals surface area contributed by atoms with Crippen LogP contribution in [0, 0.1) is 17.2 Å². The highest BCUT2D eigenvalue weighted by Crippen LogP contribution is 2.35. The van der Waals surface area contributed by atoms with Gasteiger partial charge in [0.05, 0.1) is 18.7 Å². The zero-order valence-corrected chi connectivity index (χ0v) is 11.6. The number of hydrogen-bond acceptors (Lipinski definition) is 4. The van der Waals surface area contributed by atoms with Gasteiger partial charge < -0.3 is 10.5 Å². The number of likely N-dealkylation sites (N-methyl/N-ethyl adjacent to an activating group) is 1. The van der Waals surface area contributed by atoms with Crippen molar-refractivity contribution in [2.45, 2.75) is 25.4 Å². The summed E-state index contributed by atoms with van der Waals surface area (Å²) in [6.07, 6.45) is 2.56. The lowest BCUT2D eigenvalue weighted by Gasteiger charge is -2.27. The zero-order valence-electron chi connectivity index (χ0n) is 11.6. The SMILES string of the molecule is COc1ccc(C#N)cc1CN(C)C(CN)C1CC1. The number of ether oxygens (including phenoxy) is 1. The van der Waals surface area contributed by atoms with Gasteiger partial charge in [0, 0.05) is 24.7 Å². The van der Waals surface area contributed by atoms with E-state index in [0.29, 0.717) is 18.2 Å². The minimum Gasteiger partial charge on any atom is -0.496 e. The normalized spacial score (nSPS) is 16.2. The molecule has 0 saturated heterocycles. The Hall–Kier alpha value is -1.57. The average molecular weight is 259 g/mol. The molecule has 0 spiro atoms. The van der Waals surface area contributed by atoms with E-state index in [0.717, 1.165) is 23.8 Å². The van der Waals surface area contributed by atoms with Crippen LogP contribution in [-0.4, -0.2) is 31.6 Å². The van der Waals surface area contributed by atoms with E-state index in [9.17, 15) is 0 Å². The van der Waals surface area contributed by atoms with Crippen molar-refractivity contribution in [1.29, 1.82) is 5.26 Å². The van der Waals surface area contributed by atoms with Crippen LogP contribution in [0.1, 0.15) is 24.0 Å². The summed E-state index contributed by atoms with van der Waals surface area (Å²) in [5, 5.41) is 8.99. The molecule has 2 N–H and O–H groups in total. The van der Waals surface area contributed by atoms with Crippen molar-refractivity contribution in [3.8, 4) is 11.8 Å². The van der Waals surface area contributed by atoms with Crippen molar-refractivity contribution in [2.24, 2.45) is 11.7 Å². The van der Waals surface area contributed by atoms with E-state index in [1.807, 2.05) is 12.1 Å². The van der Waals surface area contributed by atoms with Crippen LogP contribution >= 0.6 is 0 Å². The van der Waals surface area contributed by atoms with Crippen molar-refractivity contribution < 1.29 is 4.74 Å². The van der Waals surface area contributed by atoms with Gasteiger partial charge >= 0.3 is 0 Å². The van der Waals surface area contributed by atoms with Crippen LogP contribution in [0.2, 0.25) is 0 Å². The summed E-state index contributed by atoms with van der Waals surface area (Å²) < 4.78 is 5.37. The summed E-state index contributed by atoms with van der Waals surface area (Å²) in [5.41, 5.74) is 7.58. The highest BCUT2D eigenvalue weighted by molar-refractivity contribution is 5.42. The molecule has 1 aromatic carbocycles. The molecule has 4 nitrogen and oxygen atoms in total. The van der Waals surface area contributed by atoms with Gasteiger partial charge in [-0.05, 0) is 44.0 Å². The molecule has 1 aliphatic carbocycles. The smallest absolute Gasteiger partial charge is 0.123 e. The molecule has 0 heterocycles. The average Bonchev–Trinajstić information content (AvgIpc) is 3.24. The molecule has 1 saturated carbocycles. The Labute approximate surface area is 114 Å². The largest absolute Gasteiger partial charge is 0.496 e. The van der Waals surface area contributed by atoms with Gasteiger partial charge in [-0.25, -0.2) is 0 Å². The van der Waals surface area contributed by atoms with Crippen molar-refractivity contribution in [3.63, 3.8) is 0 Å². The first-order valence-corrected chi connectivity index (χ1v) is 6.67. The van der Waals surface area contributed by atoms with Crippen LogP contribution in [0.4, 0.5) is 0 Å². The highest BCUT2D eigenvalue weighted by atomic mass is 16.5. The first-order valence-electron chi connectivity index (χ1n) is 6.67. The van der Waals surface area contributed by atoms with Gasteiger partial charge in [0.2, 0.25) is 0 Å². The van der Waals surface area contributed by atoms with E-state index >= 15 is 0 Å². The van der Waals surface area contributed by atoms with Gasteiger partial charge in [0.1, 0.15) is 5.75 Å². The number of hydrogen-bond donors (Lipinski definition) is 1. The fraction of sp³-hybridized carbons (Fsp3) is 0.533. The molecular weight excluding hydrogens is 238 g/mol. The number of benzene rings is 1. The maximum atomic E-state index is 8.99. The van der Waals surface area contributed by atoms with E-state index in [1.54, 1.807) is 13.2 Å². The number of methoxy groups -OCH3 is 1. The maximum absolute atomic E-state index is 8.99. The second-order valence-corrected chi connectivity index (χ2v) is 5.19. The van der Waals surface area contributed by atoms with Gasteiger partial charge in [-0.2, -0.15) is 5.26 Å².